The lowest BCUT2D eigenvalue weighted by molar-refractivity contribution is -0.138. The number of piperidine rings is 1. The van der Waals surface area contributed by atoms with Gasteiger partial charge in [-0.1, -0.05) is 17.7 Å². The van der Waals surface area contributed by atoms with Gasteiger partial charge in [0.05, 0.1) is 11.5 Å². The van der Waals surface area contributed by atoms with Gasteiger partial charge in [0.25, 0.3) is 0 Å². The van der Waals surface area contributed by atoms with Crippen LogP contribution in [0, 0.1) is 26.7 Å². The third-order valence-electron chi connectivity index (χ3n) is 4.34. The zero-order valence-corrected chi connectivity index (χ0v) is 15.6. The number of carbonyl (C=O) groups excluding carboxylic acids is 1. The molecule has 0 atom stereocenters. The van der Waals surface area contributed by atoms with Crippen molar-refractivity contribution >= 4 is 15.9 Å². The molecule has 0 radical (unpaired) electrons. The summed E-state index contributed by atoms with van der Waals surface area (Å²) < 4.78 is 27.5. The van der Waals surface area contributed by atoms with Crippen LogP contribution < -0.4 is 5.48 Å². The van der Waals surface area contributed by atoms with Crippen LogP contribution in [-0.2, 0) is 19.7 Å². The van der Waals surface area contributed by atoms with E-state index in [1.807, 2.05) is 32.9 Å². The number of hydroxylamine groups is 1. The van der Waals surface area contributed by atoms with Crippen LogP contribution in [0.25, 0.3) is 0 Å². The van der Waals surface area contributed by atoms with Crippen LogP contribution in [0.5, 0.6) is 0 Å². The summed E-state index contributed by atoms with van der Waals surface area (Å²) in [6.45, 7) is 8.51. The summed E-state index contributed by atoms with van der Waals surface area (Å²) in [6.07, 6.45) is 1.00. The van der Waals surface area contributed by atoms with Crippen molar-refractivity contribution in [2.75, 3.05) is 19.7 Å². The molecular weight excluding hydrogens is 328 g/mol. The maximum atomic E-state index is 13.0. The Kier molecular flexibility index (Phi) is 6.01. The van der Waals surface area contributed by atoms with E-state index in [2.05, 4.69) is 5.48 Å². The van der Waals surface area contributed by atoms with Crippen molar-refractivity contribution in [3.05, 3.63) is 28.8 Å². The van der Waals surface area contributed by atoms with Gasteiger partial charge in [-0.3, -0.25) is 9.63 Å². The van der Waals surface area contributed by atoms with Gasteiger partial charge in [-0.25, -0.2) is 13.9 Å². The Labute approximate surface area is 144 Å². The van der Waals surface area contributed by atoms with Crippen LogP contribution >= 0.6 is 0 Å². The second kappa shape index (κ2) is 7.63. The molecule has 1 aromatic carbocycles. The van der Waals surface area contributed by atoms with Gasteiger partial charge in [0.2, 0.25) is 15.9 Å². The highest BCUT2D eigenvalue weighted by Gasteiger charge is 2.33. The first kappa shape index (κ1) is 18.9. The highest BCUT2D eigenvalue weighted by molar-refractivity contribution is 7.89. The Morgan fingerprint density at radius 1 is 1.21 bits per heavy atom. The molecule has 7 heteroatoms. The van der Waals surface area contributed by atoms with Gasteiger partial charge in [-0.15, -0.1) is 0 Å². The largest absolute Gasteiger partial charge is 0.274 e. The van der Waals surface area contributed by atoms with Gasteiger partial charge in [0, 0.05) is 19.0 Å². The molecule has 0 unspecified atom stereocenters. The number of hydrogen-bond acceptors (Lipinski definition) is 4. The first-order valence-corrected chi connectivity index (χ1v) is 9.71. The van der Waals surface area contributed by atoms with Crippen LogP contribution in [-0.4, -0.2) is 38.3 Å². The van der Waals surface area contributed by atoms with E-state index in [-0.39, 0.29) is 11.8 Å². The molecule has 6 nitrogen and oxygen atoms in total. The molecule has 1 fully saturated rings. The second-order valence-electron chi connectivity index (χ2n) is 6.31. The maximum Gasteiger partial charge on any atom is 0.246 e. The molecular formula is C17H26N2O4S. The molecule has 1 saturated heterocycles. The predicted molar refractivity (Wildman–Crippen MR) is 91.9 cm³/mol. The number of sulfonamides is 1. The van der Waals surface area contributed by atoms with E-state index in [1.165, 1.54) is 4.31 Å². The highest BCUT2D eigenvalue weighted by atomic mass is 32.2. The van der Waals surface area contributed by atoms with Gasteiger partial charge < -0.3 is 0 Å². The Morgan fingerprint density at radius 2 is 1.75 bits per heavy atom. The monoisotopic (exact) mass is 354 g/mol. The Hall–Kier alpha value is -1.44. The fourth-order valence-corrected chi connectivity index (χ4v) is 5.17. The zero-order valence-electron chi connectivity index (χ0n) is 14.8. The standard InChI is InChI=1S/C17H26N2O4S/c1-5-23-18-17(20)15-6-8-19(9-7-15)24(21,22)16-13(3)10-12(2)11-14(16)4/h10-11,15H,5-9H2,1-4H3,(H,18,20). The third kappa shape index (κ3) is 3.96. The first-order valence-electron chi connectivity index (χ1n) is 8.27. The number of nitrogens with zero attached hydrogens (tertiary/aromatic N) is 1. The molecule has 0 saturated carbocycles. The summed E-state index contributed by atoms with van der Waals surface area (Å²) in [4.78, 5) is 17.2. The Bertz CT molecular complexity index is 684. The topological polar surface area (TPSA) is 75.7 Å². The van der Waals surface area contributed by atoms with E-state index < -0.39 is 10.0 Å². The number of hydrogen-bond donors (Lipinski definition) is 1. The van der Waals surface area contributed by atoms with E-state index in [9.17, 15) is 13.2 Å². The smallest absolute Gasteiger partial charge is 0.246 e. The minimum atomic E-state index is -3.54. The molecule has 1 amide bonds. The van der Waals surface area contributed by atoms with Crippen LogP contribution in [0.2, 0.25) is 0 Å². The predicted octanol–water partition coefficient (Wildman–Crippen LogP) is 2.08. The summed E-state index contributed by atoms with van der Waals surface area (Å²) in [7, 11) is -3.54. The van der Waals surface area contributed by atoms with Crippen LogP contribution in [0.1, 0.15) is 36.5 Å². The van der Waals surface area contributed by atoms with Gasteiger partial charge in [-0.2, -0.15) is 4.31 Å². The van der Waals surface area contributed by atoms with Crippen molar-refractivity contribution in [3.63, 3.8) is 0 Å². The number of carbonyl (C=O) groups is 1. The van der Waals surface area contributed by atoms with Gasteiger partial charge in [0.1, 0.15) is 0 Å². The third-order valence-corrected chi connectivity index (χ3v) is 6.55. The summed E-state index contributed by atoms with van der Waals surface area (Å²) in [5, 5.41) is 0. The lowest BCUT2D eigenvalue weighted by Gasteiger charge is -2.31. The molecule has 0 aliphatic carbocycles. The van der Waals surface area contributed by atoms with Crippen LogP contribution in [0.3, 0.4) is 0 Å². The average Bonchev–Trinajstić information content (AvgIpc) is 2.51. The van der Waals surface area contributed by atoms with Crippen molar-refractivity contribution in [2.24, 2.45) is 5.92 Å². The van der Waals surface area contributed by atoms with Crippen molar-refractivity contribution < 1.29 is 18.0 Å². The van der Waals surface area contributed by atoms with Crippen molar-refractivity contribution in [2.45, 2.75) is 45.4 Å². The fourth-order valence-electron chi connectivity index (χ4n) is 3.29. The number of benzene rings is 1. The molecule has 134 valence electrons. The number of rotatable bonds is 5. The van der Waals surface area contributed by atoms with Gasteiger partial charge >= 0.3 is 0 Å². The molecule has 0 aromatic heterocycles. The second-order valence-corrected chi connectivity index (χ2v) is 8.18. The summed E-state index contributed by atoms with van der Waals surface area (Å²) >= 11 is 0. The minimum Gasteiger partial charge on any atom is -0.274 e. The van der Waals surface area contributed by atoms with Crippen molar-refractivity contribution in [3.8, 4) is 0 Å². The molecule has 24 heavy (non-hydrogen) atoms. The highest BCUT2D eigenvalue weighted by Crippen LogP contribution is 2.28. The van der Waals surface area contributed by atoms with E-state index in [1.54, 1.807) is 6.92 Å². The molecule has 0 bridgehead atoms. The molecule has 1 aromatic rings. The first-order chi connectivity index (χ1) is 11.3. The summed E-state index contributed by atoms with van der Waals surface area (Å²) in [6, 6.07) is 3.78. The molecule has 0 spiro atoms. The van der Waals surface area contributed by atoms with E-state index in [4.69, 9.17) is 4.84 Å². The van der Waals surface area contributed by atoms with Gasteiger partial charge in [0.15, 0.2) is 0 Å². The minimum absolute atomic E-state index is 0.170. The maximum absolute atomic E-state index is 13.0. The molecule has 2 rings (SSSR count). The molecule has 1 N–H and O–H groups in total. The molecule has 1 aliphatic rings. The normalized spacial score (nSPS) is 17.0. The molecule has 1 aliphatic heterocycles. The lowest BCUT2D eigenvalue weighted by atomic mass is 9.98. The van der Waals surface area contributed by atoms with Crippen LogP contribution in [0.4, 0.5) is 0 Å². The number of aryl methyl sites for hydroxylation is 3. The fraction of sp³-hybridized carbons (Fsp3) is 0.588. The van der Waals surface area contributed by atoms with Crippen LogP contribution in [0.15, 0.2) is 17.0 Å². The molecule has 1 heterocycles. The van der Waals surface area contributed by atoms with E-state index in [0.29, 0.717) is 37.4 Å². The number of nitrogens with one attached hydrogen (secondary N) is 1. The zero-order chi connectivity index (χ0) is 17.9. The SMILES string of the molecule is CCONC(=O)C1CCN(S(=O)(=O)c2c(C)cc(C)cc2C)CC1. The summed E-state index contributed by atoms with van der Waals surface area (Å²) in [5.74, 6) is -0.375. The van der Waals surface area contributed by atoms with Crippen molar-refractivity contribution in [1.29, 1.82) is 0 Å². The van der Waals surface area contributed by atoms with Crippen molar-refractivity contribution in [1.82, 2.24) is 9.79 Å². The quantitative estimate of drug-likeness (QED) is 0.822. The van der Waals surface area contributed by atoms with E-state index >= 15 is 0 Å². The number of amides is 1. The Morgan fingerprint density at radius 3 is 2.25 bits per heavy atom. The van der Waals surface area contributed by atoms with Gasteiger partial charge in [-0.05, 0) is 51.7 Å². The average molecular weight is 354 g/mol. The lowest BCUT2D eigenvalue weighted by Crippen LogP contribution is -2.43. The Balaban J connectivity index is 2.12. The van der Waals surface area contributed by atoms with E-state index in [0.717, 1.165) is 16.7 Å². The summed E-state index contributed by atoms with van der Waals surface area (Å²) in [5.41, 5.74) is 4.99.